The van der Waals surface area contributed by atoms with Gasteiger partial charge in [0.15, 0.2) is 0 Å². The molecule has 3 aromatic heterocycles. The van der Waals surface area contributed by atoms with Crippen molar-refractivity contribution in [1.82, 2.24) is 25.1 Å². The van der Waals surface area contributed by atoms with Crippen molar-refractivity contribution in [1.29, 1.82) is 0 Å². The Morgan fingerprint density at radius 3 is 2.43 bits per heavy atom. The largest absolute Gasteiger partial charge is 0.478 e. The lowest BCUT2D eigenvalue weighted by Crippen LogP contribution is -2.05. The van der Waals surface area contributed by atoms with Gasteiger partial charge in [-0.05, 0) is 27.2 Å². The molecule has 7 nitrogen and oxygen atoms in total. The minimum atomic E-state index is 0.608. The van der Waals surface area contributed by atoms with Gasteiger partial charge in [0, 0.05) is 17.6 Å². The van der Waals surface area contributed by atoms with Crippen molar-refractivity contribution < 1.29 is 4.74 Å². The van der Waals surface area contributed by atoms with Crippen molar-refractivity contribution in [3.05, 3.63) is 38.5 Å². The van der Waals surface area contributed by atoms with Gasteiger partial charge in [-0.3, -0.25) is 4.98 Å². The first-order valence-electron chi connectivity index (χ1n) is 8.77. The highest BCUT2D eigenvalue weighted by molar-refractivity contribution is 7.11. The summed E-state index contributed by atoms with van der Waals surface area (Å²) in [5.41, 5.74) is 0. The molecule has 0 amide bonds. The van der Waals surface area contributed by atoms with Gasteiger partial charge >= 0.3 is 0 Å². The molecule has 0 aromatic carbocycles. The van der Waals surface area contributed by atoms with Crippen molar-refractivity contribution in [3.8, 4) is 18.7 Å². The normalized spacial score (nSPS) is 9.50. The molecule has 0 spiro atoms. The van der Waals surface area contributed by atoms with Crippen LogP contribution in [0, 0.1) is 33.6 Å². The van der Waals surface area contributed by atoms with Gasteiger partial charge in [0.05, 0.1) is 18.2 Å². The van der Waals surface area contributed by atoms with E-state index in [1.165, 1.54) is 0 Å². The predicted octanol–water partition coefficient (Wildman–Crippen LogP) is 4.44. The summed E-state index contributed by atoms with van der Waals surface area (Å²) >= 11 is 3.24. The molecule has 0 aliphatic carbocycles. The first-order valence-corrected chi connectivity index (χ1v) is 10.5. The lowest BCUT2D eigenvalue weighted by Gasteiger charge is -2.08. The Bertz CT molecular complexity index is 817. The first-order chi connectivity index (χ1) is 13.6. The molecular weight excluding hydrogens is 392 g/mol. The summed E-state index contributed by atoms with van der Waals surface area (Å²) in [7, 11) is 0. The number of aromatic nitrogens is 5. The monoisotopic (exact) mass is 418 g/mol. The van der Waals surface area contributed by atoms with Gasteiger partial charge in [-0.2, -0.15) is 4.98 Å². The summed E-state index contributed by atoms with van der Waals surface area (Å²) in [5.74, 6) is 2.05. The molecule has 0 saturated heterocycles. The van der Waals surface area contributed by atoms with Crippen LogP contribution in [0.5, 0.6) is 5.88 Å². The van der Waals surface area contributed by atoms with Crippen molar-refractivity contribution in [2.24, 2.45) is 0 Å². The van der Waals surface area contributed by atoms with Gasteiger partial charge in [0.2, 0.25) is 5.88 Å². The van der Waals surface area contributed by atoms with Crippen LogP contribution in [0.3, 0.4) is 0 Å². The van der Waals surface area contributed by atoms with E-state index in [0.717, 1.165) is 33.7 Å². The summed E-state index contributed by atoms with van der Waals surface area (Å²) in [5, 5.41) is 16.3. The van der Waals surface area contributed by atoms with E-state index in [1.807, 2.05) is 32.2 Å². The van der Waals surface area contributed by atoms with Crippen LogP contribution in [-0.4, -0.2) is 31.8 Å². The average Bonchev–Trinajstić information content (AvgIpc) is 3.33. The van der Waals surface area contributed by atoms with Crippen molar-refractivity contribution in [3.63, 3.8) is 0 Å². The number of ether oxygens (including phenoxy) is 1. The SMILES string of the molecule is C#C.CCCCOc1cc(NCc2nnc(C)s2)nc(C)n1.Cc1nccs1. The van der Waals surface area contributed by atoms with Crippen LogP contribution < -0.4 is 10.1 Å². The lowest BCUT2D eigenvalue weighted by molar-refractivity contribution is 0.296. The number of terminal acetylenes is 1. The Balaban J connectivity index is 0.000000411. The third-order valence-corrected chi connectivity index (χ3v) is 4.65. The smallest absolute Gasteiger partial charge is 0.218 e. The molecule has 0 aliphatic heterocycles. The van der Waals surface area contributed by atoms with E-state index in [-0.39, 0.29) is 0 Å². The van der Waals surface area contributed by atoms with Crippen LogP contribution >= 0.6 is 22.7 Å². The molecule has 150 valence electrons. The fraction of sp³-hybridized carbons (Fsp3) is 0.421. The zero-order chi connectivity index (χ0) is 20.8. The van der Waals surface area contributed by atoms with Crippen molar-refractivity contribution in [2.75, 3.05) is 11.9 Å². The first kappa shape index (κ1) is 23.5. The maximum atomic E-state index is 5.61. The fourth-order valence-corrected chi connectivity index (χ4v) is 2.98. The van der Waals surface area contributed by atoms with E-state index in [4.69, 9.17) is 4.74 Å². The molecule has 0 fully saturated rings. The van der Waals surface area contributed by atoms with Gasteiger partial charge < -0.3 is 10.1 Å². The second kappa shape index (κ2) is 13.6. The summed E-state index contributed by atoms with van der Waals surface area (Å²) < 4.78 is 5.61. The third kappa shape index (κ3) is 9.39. The molecule has 0 unspecified atom stereocenters. The quantitative estimate of drug-likeness (QED) is 0.448. The second-order valence-electron chi connectivity index (χ2n) is 5.46. The van der Waals surface area contributed by atoms with Crippen LogP contribution in [0.25, 0.3) is 0 Å². The molecule has 0 aliphatic rings. The van der Waals surface area contributed by atoms with E-state index >= 15 is 0 Å². The van der Waals surface area contributed by atoms with Gasteiger partial charge in [-0.1, -0.05) is 24.7 Å². The molecule has 0 bridgehead atoms. The highest BCUT2D eigenvalue weighted by atomic mass is 32.1. The van der Waals surface area contributed by atoms with Gasteiger partial charge in [-0.15, -0.1) is 34.4 Å². The van der Waals surface area contributed by atoms with E-state index < -0.39 is 0 Å². The molecule has 3 rings (SSSR count). The highest BCUT2D eigenvalue weighted by Gasteiger charge is 2.05. The predicted molar refractivity (Wildman–Crippen MR) is 116 cm³/mol. The van der Waals surface area contributed by atoms with E-state index in [1.54, 1.807) is 28.9 Å². The third-order valence-electron chi connectivity index (χ3n) is 3.11. The van der Waals surface area contributed by atoms with Crippen molar-refractivity contribution in [2.45, 2.75) is 47.1 Å². The second-order valence-corrected chi connectivity index (χ2v) is 7.83. The highest BCUT2D eigenvalue weighted by Crippen LogP contribution is 2.16. The number of thiazole rings is 1. The summed E-state index contributed by atoms with van der Waals surface area (Å²) in [6, 6.07) is 1.82. The number of nitrogens with zero attached hydrogens (tertiary/aromatic N) is 5. The van der Waals surface area contributed by atoms with Crippen LogP contribution in [-0.2, 0) is 6.54 Å². The van der Waals surface area contributed by atoms with Crippen LogP contribution in [0.15, 0.2) is 17.6 Å². The molecule has 3 heterocycles. The minimum Gasteiger partial charge on any atom is -0.478 e. The van der Waals surface area contributed by atoms with Crippen LogP contribution in [0.4, 0.5) is 5.82 Å². The maximum Gasteiger partial charge on any atom is 0.218 e. The van der Waals surface area contributed by atoms with E-state index in [9.17, 15) is 0 Å². The Morgan fingerprint density at radius 1 is 1.11 bits per heavy atom. The number of aryl methyl sites for hydroxylation is 3. The maximum absolute atomic E-state index is 5.61. The topological polar surface area (TPSA) is 85.7 Å². The van der Waals surface area contributed by atoms with Gasteiger partial charge in [0.1, 0.15) is 21.7 Å². The molecule has 3 aromatic rings. The number of nitrogens with one attached hydrogen (secondary N) is 1. The minimum absolute atomic E-state index is 0.608. The molecule has 0 radical (unpaired) electrons. The molecule has 28 heavy (non-hydrogen) atoms. The van der Waals surface area contributed by atoms with Gasteiger partial charge in [0.25, 0.3) is 0 Å². The fourth-order valence-electron chi connectivity index (χ4n) is 1.90. The Morgan fingerprint density at radius 2 is 1.89 bits per heavy atom. The Kier molecular flexibility index (Phi) is 11.4. The molecule has 0 atom stereocenters. The number of hydrogen-bond donors (Lipinski definition) is 1. The van der Waals surface area contributed by atoms with Crippen molar-refractivity contribution >= 4 is 28.5 Å². The standard InChI is InChI=1S/C13H19N5OS.C4H5NS.C2H2/c1-4-5-6-19-12-7-11(15-9(2)16-12)14-8-13-18-17-10(3)20-13;1-4-5-2-3-6-4;1-2/h7H,4-6,8H2,1-3H3,(H,14,15,16);2-3H,1H3;1-2H. The van der Waals surface area contributed by atoms with E-state index in [0.29, 0.717) is 24.9 Å². The van der Waals surface area contributed by atoms with Gasteiger partial charge in [-0.25, -0.2) is 4.98 Å². The van der Waals surface area contributed by atoms with Crippen LogP contribution in [0.2, 0.25) is 0 Å². The molecule has 0 saturated carbocycles. The number of anilines is 1. The lowest BCUT2D eigenvalue weighted by atomic mass is 10.4. The molecule has 9 heteroatoms. The zero-order valence-corrected chi connectivity index (χ0v) is 18.3. The average molecular weight is 419 g/mol. The molecular formula is C19H26N6OS2. The summed E-state index contributed by atoms with van der Waals surface area (Å²) in [6.07, 6.45) is 11.9. The number of unbranched alkanes of at least 4 members (excludes halogenated alkanes) is 1. The number of rotatable bonds is 7. The Labute approximate surface area is 174 Å². The Hall–Kier alpha value is -2.57. The summed E-state index contributed by atoms with van der Waals surface area (Å²) in [4.78, 5) is 12.5. The van der Waals surface area contributed by atoms with E-state index in [2.05, 4.69) is 50.2 Å². The summed E-state index contributed by atoms with van der Waals surface area (Å²) in [6.45, 7) is 9.21. The number of hydrogen-bond acceptors (Lipinski definition) is 9. The zero-order valence-electron chi connectivity index (χ0n) is 16.7. The van der Waals surface area contributed by atoms with Crippen LogP contribution in [0.1, 0.15) is 40.6 Å². The molecule has 1 N–H and O–H groups in total.